The van der Waals surface area contributed by atoms with Crippen molar-refractivity contribution in [1.82, 2.24) is 14.9 Å². The van der Waals surface area contributed by atoms with Gasteiger partial charge in [-0.3, -0.25) is 9.69 Å². The summed E-state index contributed by atoms with van der Waals surface area (Å²) in [4.78, 5) is 40.9. The Morgan fingerprint density at radius 1 is 1.18 bits per heavy atom. The molecule has 8 heteroatoms. The fraction of sp³-hybridized carbons (Fsp3) is 0.400. The van der Waals surface area contributed by atoms with Crippen LogP contribution in [-0.4, -0.2) is 67.6 Å². The van der Waals surface area contributed by atoms with Crippen molar-refractivity contribution < 1.29 is 9.59 Å². The first kappa shape index (κ1) is 18.2. The summed E-state index contributed by atoms with van der Waals surface area (Å²) in [6.07, 6.45) is 3.70. The largest absolute Gasteiger partial charge is 0.378 e. The van der Waals surface area contributed by atoms with Gasteiger partial charge in [-0.05, 0) is 37.1 Å². The number of carbonyl (C=O) groups is 2. The summed E-state index contributed by atoms with van der Waals surface area (Å²) < 4.78 is 0. The zero-order valence-electron chi connectivity index (χ0n) is 16.4. The first-order chi connectivity index (χ1) is 13.5. The van der Waals surface area contributed by atoms with Gasteiger partial charge in [0.2, 0.25) is 0 Å². The number of aldehydes is 1. The minimum absolute atomic E-state index is 0.160. The number of hydrogen-bond donors (Lipinski definition) is 0. The molecule has 2 aromatic rings. The van der Waals surface area contributed by atoms with Gasteiger partial charge in [0.25, 0.3) is 0 Å². The molecule has 2 amide bonds. The molecule has 0 N–H and O–H groups in total. The molecule has 8 nitrogen and oxygen atoms in total. The number of hydrogen-bond acceptors (Lipinski definition) is 6. The zero-order chi connectivity index (χ0) is 19.8. The lowest BCUT2D eigenvalue weighted by Crippen LogP contribution is -2.50. The van der Waals surface area contributed by atoms with Crippen LogP contribution in [0.25, 0.3) is 11.4 Å². The van der Waals surface area contributed by atoms with Crippen molar-refractivity contribution in [3.05, 3.63) is 30.5 Å². The molecule has 0 saturated carbocycles. The molecule has 2 aliphatic rings. The Labute approximate surface area is 164 Å². The summed E-state index contributed by atoms with van der Waals surface area (Å²) >= 11 is 0. The fourth-order valence-corrected chi connectivity index (χ4v) is 3.71. The first-order valence-corrected chi connectivity index (χ1v) is 9.42. The Bertz CT molecular complexity index is 892. The minimum Gasteiger partial charge on any atom is -0.378 e. The quantitative estimate of drug-likeness (QED) is 0.760. The lowest BCUT2D eigenvalue weighted by molar-refractivity contribution is -0.108. The normalized spacial score (nSPS) is 18.4. The Kier molecular flexibility index (Phi) is 4.62. The van der Waals surface area contributed by atoms with E-state index in [1.807, 2.05) is 43.3 Å². The highest BCUT2D eigenvalue weighted by molar-refractivity contribution is 6.03. The Morgan fingerprint density at radius 2 is 1.86 bits per heavy atom. The number of urea groups is 1. The molecule has 2 aliphatic heterocycles. The standard InChI is InChI=1S/C20H24N6O2/c1-23(2)15-8-6-14(7-9-15)18-21-12-16-19(22-18)24(3)17(13-27)26(16)20(28)25-10-4-5-11-25/h6-9,12-13,17H,4-5,10-11H2,1-3H3. The highest BCUT2D eigenvalue weighted by Gasteiger charge is 2.41. The minimum atomic E-state index is -0.705. The average molecular weight is 380 g/mol. The van der Waals surface area contributed by atoms with Gasteiger partial charge in [-0.25, -0.2) is 14.8 Å². The van der Waals surface area contributed by atoms with Crippen molar-refractivity contribution in [3.63, 3.8) is 0 Å². The van der Waals surface area contributed by atoms with Crippen LogP contribution in [0.3, 0.4) is 0 Å². The second-order valence-corrected chi connectivity index (χ2v) is 7.35. The molecule has 0 spiro atoms. The topological polar surface area (TPSA) is 72.9 Å². The number of likely N-dealkylation sites (N-methyl/N-ethyl adjacent to an activating group) is 1. The smallest absolute Gasteiger partial charge is 0.326 e. The predicted molar refractivity (Wildman–Crippen MR) is 109 cm³/mol. The summed E-state index contributed by atoms with van der Waals surface area (Å²) in [6.45, 7) is 1.44. The van der Waals surface area contributed by atoms with E-state index in [0.717, 1.165) is 43.5 Å². The van der Waals surface area contributed by atoms with Crippen molar-refractivity contribution in [2.75, 3.05) is 48.9 Å². The van der Waals surface area contributed by atoms with Crippen LogP contribution in [0.2, 0.25) is 0 Å². The maximum Gasteiger partial charge on any atom is 0.326 e. The van der Waals surface area contributed by atoms with Crippen LogP contribution in [0, 0.1) is 0 Å². The van der Waals surface area contributed by atoms with Crippen LogP contribution in [0.15, 0.2) is 30.5 Å². The second kappa shape index (κ2) is 7.10. The van der Waals surface area contributed by atoms with Crippen LogP contribution < -0.4 is 14.7 Å². The third kappa shape index (κ3) is 2.94. The molecule has 0 bridgehead atoms. The monoisotopic (exact) mass is 380 g/mol. The van der Waals surface area contributed by atoms with Gasteiger partial charge < -0.3 is 14.7 Å². The van der Waals surface area contributed by atoms with E-state index in [0.29, 0.717) is 17.3 Å². The fourth-order valence-electron chi connectivity index (χ4n) is 3.71. The Morgan fingerprint density at radius 3 is 2.46 bits per heavy atom. The van der Waals surface area contributed by atoms with E-state index < -0.39 is 6.17 Å². The summed E-state index contributed by atoms with van der Waals surface area (Å²) in [5, 5.41) is 0. The zero-order valence-corrected chi connectivity index (χ0v) is 16.4. The van der Waals surface area contributed by atoms with E-state index >= 15 is 0 Å². The summed E-state index contributed by atoms with van der Waals surface area (Å²) in [7, 11) is 5.75. The molecule has 1 saturated heterocycles. The lowest BCUT2D eigenvalue weighted by Gasteiger charge is -2.28. The maximum atomic E-state index is 13.0. The molecule has 0 aliphatic carbocycles. The van der Waals surface area contributed by atoms with Crippen molar-refractivity contribution in [3.8, 4) is 11.4 Å². The van der Waals surface area contributed by atoms with Crippen molar-refractivity contribution in [1.29, 1.82) is 0 Å². The van der Waals surface area contributed by atoms with Gasteiger partial charge in [0.05, 0.1) is 6.20 Å². The first-order valence-electron chi connectivity index (χ1n) is 9.42. The van der Waals surface area contributed by atoms with Crippen LogP contribution in [0.4, 0.5) is 22.0 Å². The molecular weight excluding hydrogens is 356 g/mol. The van der Waals surface area contributed by atoms with Gasteiger partial charge in [-0.2, -0.15) is 0 Å². The van der Waals surface area contributed by atoms with Gasteiger partial charge >= 0.3 is 6.03 Å². The van der Waals surface area contributed by atoms with Gasteiger partial charge in [0.15, 0.2) is 24.1 Å². The Hall–Kier alpha value is -3.16. The molecule has 1 fully saturated rings. The highest BCUT2D eigenvalue weighted by Crippen LogP contribution is 2.38. The Balaban J connectivity index is 1.69. The van der Waals surface area contributed by atoms with Crippen molar-refractivity contribution in [2.24, 2.45) is 0 Å². The third-order valence-electron chi connectivity index (χ3n) is 5.35. The van der Waals surface area contributed by atoms with Crippen molar-refractivity contribution in [2.45, 2.75) is 19.0 Å². The number of amides is 2. The van der Waals surface area contributed by atoms with E-state index in [4.69, 9.17) is 0 Å². The molecule has 1 atom stereocenters. The molecule has 4 rings (SSSR count). The maximum absolute atomic E-state index is 13.0. The number of fused-ring (bicyclic) bond motifs is 1. The van der Waals surface area contributed by atoms with E-state index in [9.17, 15) is 9.59 Å². The molecule has 3 heterocycles. The van der Waals surface area contributed by atoms with Crippen LogP contribution >= 0.6 is 0 Å². The molecule has 1 aromatic carbocycles. The molecule has 1 aromatic heterocycles. The number of aromatic nitrogens is 2. The summed E-state index contributed by atoms with van der Waals surface area (Å²) in [6, 6.07) is 7.79. The van der Waals surface area contributed by atoms with Crippen LogP contribution in [-0.2, 0) is 4.79 Å². The molecule has 1 unspecified atom stereocenters. The number of rotatable bonds is 3. The predicted octanol–water partition coefficient (Wildman–Crippen LogP) is 2.21. The summed E-state index contributed by atoms with van der Waals surface area (Å²) in [5.74, 6) is 1.15. The number of benzene rings is 1. The molecular formula is C20H24N6O2. The van der Waals surface area contributed by atoms with E-state index in [2.05, 4.69) is 9.97 Å². The van der Waals surface area contributed by atoms with E-state index in [1.165, 1.54) is 4.90 Å². The molecule has 28 heavy (non-hydrogen) atoms. The number of carbonyl (C=O) groups excluding carboxylic acids is 2. The second-order valence-electron chi connectivity index (χ2n) is 7.35. The molecule has 146 valence electrons. The highest BCUT2D eigenvalue weighted by atomic mass is 16.2. The van der Waals surface area contributed by atoms with Gasteiger partial charge in [0, 0.05) is 45.5 Å². The van der Waals surface area contributed by atoms with Gasteiger partial charge in [-0.1, -0.05) is 0 Å². The number of anilines is 3. The third-order valence-corrected chi connectivity index (χ3v) is 5.35. The van der Waals surface area contributed by atoms with E-state index in [1.54, 1.807) is 23.0 Å². The van der Waals surface area contributed by atoms with Crippen molar-refractivity contribution >= 4 is 29.5 Å². The van der Waals surface area contributed by atoms with E-state index in [-0.39, 0.29) is 6.03 Å². The van der Waals surface area contributed by atoms with Gasteiger partial charge in [0.1, 0.15) is 5.69 Å². The van der Waals surface area contributed by atoms with Gasteiger partial charge in [-0.15, -0.1) is 0 Å². The lowest BCUT2D eigenvalue weighted by atomic mass is 10.2. The molecule has 0 radical (unpaired) electrons. The van der Waals surface area contributed by atoms with Crippen LogP contribution in [0.5, 0.6) is 0 Å². The SMILES string of the molecule is CN(C)c1ccc(-c2ncc3c(n2)N(C)C(C=O)N3C(=O)N2CCCC2)cc1. The average Bonchev–Trinajstić information content (AvgIpc) is 3.34. The van der Waals surface area contributed by atoms with Crippen LogP contribution in [0.1, 0.15) is 12.8 Å². The number of nitrogens with zero attached hydrogens (tertiary/aromatic N) is 6. The number of likely N-dealkylation sites (tertiary alicyclic amines) is 1. The summed E-state index contributed by atoms with van der Waals surface area (Å²) in [5.41, 5.74) is 2.55.